The predicted molar refractivity (Wildman–Crippen MR) is 69.8 cm³/mol. The number of ether oxygens (including phenoxy) is 2. The molecule has 18 heavy (non-hydrogen) atoms. The summed E-state index contributed by atoms with van der Waals surface area (Å²) < 4.78 is 12.7. The monoisotopic (exact) mass is 273 g/mol. The average molecular weight is 274 g/mol. The number of rotatable bonds is 5. The van der Waals surface area contributed by atoms with Crippen LogP contribution in [0.2, 0.25) is 5.15 Å². The van der Waals surface area contributed by atoms with Gasteiger partial charge in [0, 0.05) is 25.1 Å². The number of hydrogen-bond acceptors (Lipinski definition) is 4. The summed E-state index contributed by atoms with van der Waals surface area (Å²) in [5, 5.41) is 8.32. The van der Waals surface area contributed by atoms with Crippen molar-refractivity contribution in [3.8, 4) is 0 Å². The topological polar surface area (TPSA) is 48.3 Å². The number of halogens is 1. The summed E-state index contributed by atoms with van der Waals surface area (Å²) in [4.78, 5) is 0. The van der Waals surface area contributed by atoms with Crippen LogP contribution >= 0.6 is 11.6 Å². The molecule has 1 aromatic heterocycles. The van der Waals surface area contributed by atoms with E-state index in [4.69, 9.17) is 21.1 Å². The SMILES string of the molecule is CNC(Cc1c(C)nn(C)c1Cl)CC1OCCO1. The van der Waals surface area contributed by atoms with E-state index in [1.165, 1.54) is 0 Å². The lowest BCUT2D eigenvalue weighted by molar-refractivity contribution is -0.0522. The van der Waals surface area contributed by atoms with E-state index in [2.05, 4.69) is 10.4 Å². The third kappa shape index (κ3) is 3.03. The van der Waals surface area contributed by atoms with Crippen LogP contribution in [0.1, 0.15) is 17.7 Å². The molecule has 0 aliphatic carbocycles. The molecule has 1 atom stereocenters. The maximum absolute atomic E-state index is 6.24. The lowest BCUT2D eigenvalue weighted by Gasteiger charge is -2.19. The van der Waals surface area contributed by atoms with Crippen LogP contribution in [0.3, 0.4) is 0 Å². The Morgan fingerprint density at radius 3 is 2.67 bits per heavy atom. The Hall–Kier alpha value is -0.620. The van der Waals surface area contributed by atoms with Crippen LogP contribution in [0.4, 0.5) is 0 Å². The molecule has 0 saturated carbocycles. The summed E-state index contributed by atoms with van der Waals surface area (Å²) >= 11 is 6.24. The maximum Gasteiger partial charge on any atom is 0.159 e. The minimum atomic E-state index is -0.0989. The second-order valence-electron chi connectivity index (χ2n) is 4.57. The number of nitrogens with one attached hydrogen (secondary N) is 1. The van der Waals surface area contributed by atoms with E-state index < -0.39 is 0 Å². The molecule has 1 N–H and O–H groups in total. The van der Waals surface area contributed by atoms with Crippen molar-refractivity contribution in [2.45, 2.75) is 32.1 Å². The van der Waals surface area contributed by atoms with Crippen molar-refractivity contribution in [1.82, 2.24) is 15.1 Å². The highest BCUT2D eigenvalue weighted by atomic mass is 35.5. The zero-order chi connectivity index (χ0) is 13.1. The van der Waals surface area contributed by atoms with Gasteiger partial charge in [0.15, 0.2) is 6.29 Å². The maximum atomic E-state index is 6.24. The van der Waals surface area contributed by atoms with Crippen LogP contribution in [-0.2, 0) is 22.9 Å². The van der Waals surface area contributed by atoms with E-state index in [1.54, 1.807) is 4.68 Å². The van der Waals surface area contributed by atoms with Gasteiger partial charge >= 0.3 is 0 Å². The zero-order valence-electron chi connectivity index (χ0n) is 11.1. The molecule has 0 bridgehead atoms. The van der Waals surface area contributed by atoms with Crippen molar-refractivity contribution < 1.29 is 9.47 Å². The first-order valence-electron chi connectivity index (χ1n) is 6.20. The third-order valence-corrected chi connectivity index (χ3v) is 3.77. The Morgan fingerprint density at radius 2 is 2.17 bits per heavy atom. The van der Waals surface area contributed by atoms with Crippen LogP contribution in [0.15, 0.2) is 0 Å². The largest absolute Gasteiger partial charge is 0.350 e. The molecule has 5 nitrogen and oxygen atoms in total. The molecule has 1 aromatic rings. The predicted octanol–water partition coefficient (Wildman–Crippen LogP) is 1.28. The highest BCUT2D eigenvalue weighted by Gasteiger charge is 2.23. The molecule has 2 heterocycles. The van der Waals surface area contributed by atoms with Gasteiger partial charge in [-0.05, 0) is 20.4 Å². The summed E-state index contributed by atoms with van der Waals surface area (Å²) in [7, 11) is 3.80. The molecule has 1 saturated heterocycles. The Kier molecular flexibility index (Phi) is 4.61. The molecule has 1 fully saturated rings. The average Bonchev–Trinajstić information content (AvgIpc) is 2.92. The summed E-state index contributed by atoms with van der Waals surface area (Å²) in [5.74, 6) is 0. The smallest absolute Gasteiger partial charge is 0.159 e. The minimum Gasteiger partial charge on any atom is -0.350 e. The molecule has 102 valence electrons. The first kappa shape index (κ1) is 13.8. The van der Waals surface area contributed by atoms with E-state index in [0.29, 0.717) is 18.4 Å². The molecule has 1 aliphatic heterocycles. The molecule has 0 amide bonds. The Morgan fingerprint density at radius 1 is 1.50 bits per heavy atom. The Labute approximate surface area is 112 Å². The lowest BCUT2D eigenvalue weighted by atomic mass is 10.0. The van der Waals surface area contributed by atoms with Gasteiger partial charge in [-0.1, -0.05) is 11.6 Å². The summed E-state index contributed by atoms with van der Waals surface area (Å²) in [5.41, 5.74) is 2.08. The number of aryl methyl sites for hydroxylation is 2. The Balaban J connectivity index is 2.00. The van der Waals surface area contributed by atoms with Crippen LogP contribution < -0.4 is 5.32 Å². The number of aromatic nitrogens is 2. The van der Waals surface area contributed by atoms with Crippen LogP contribution in [0, 0.1) is 6.92 Å². The third-order valence-electron chi connectivity index (χ3n) is 3.30. The first-order chi connectivity index (χ1) is 8.61. The summed E-state index contributed by atoms with van der Waals surface area (Å²) in [6.07, 6.45) is 1.55. The number of nitrogens with zero attached hydrogens (tertiary/aromatic N) is 2. The van der Waals surface area contributed by atoms with Crippen molar-refractivity contribution in [2.24, 2.45) is 7.05 Å². The Bertz CT molecular complexity index is 402. The number of hydrogen-bond donors (Lipinski definition) is 1. The van der Waals surface area contributed by atoms with Crippen LogP contribution in [0.5, 0.6) is 0 Å². The molecule has 0 spiro atoms. The summed E-state index contributed by atoms with van der Waals surface area (Å²) in [6, 6.07) is 0.272. The van der Waals surface area contributed by atoms with Gasteiger partial charge in [-0.15, -0.1) is 0 Å². The normalized spacial score (nSPS) is 18.4. The van der Waals surface area contributed by atoms with Gasteiger partial charge in [-0.2, -0.15) is 5.10 Å². The fraction of sp³-hybridized carbons (Fsp3) is 0.750. The van der Waals surface area contributed by atoms with Crippen molar-refractivity contribution in [1.29, 1.82) is 0 Å². The molecule has 1 unspecified atom stereocenters. The second-order valence-corrected chi connectivity index (χ2v) is 4.93. The van der Waals surface area contributed by atoms with E-state index in [-0.39, 0.29) is 12.3 Å². The quantitative estimate of drug-likeness (QED) is 0.878. The van der Waals surface area contributed by atoms with Crippen molar-refractivity contribution in [3.05, 3.63) is 16.4 Å². The van der Waals surface area contributed by atoms with E-state index in [0.717, 1.165) is 24.1 Å². The van der Waals surface area contributed by atoms with Crippen molar-refractivity contribution >= 4 is 11.6 Å². The molecular formula is C12H20ClN3O2. The first-order valence-corrected chi connectivity index (χ1v) is 6.58. The van der Waals surface area contributed by atoms with Gasteiger partial charge in [0.25, 0.3) is 0 Å². The van der Waals surface area contributed by atoms with Gasteiger partial charge < -0.3 is 14.8 Å². The number of likely N-dealkylation sites (N-methyl/N-ethyl adjacent to an activating group) is 1. The van der Waals surface area contributed by atoms with Gasteiger partial charge in [0.1, 0.15) is 5.15 Å². The molecule has 2 rings (SSSR count). The summed E-state index contributed by atoms with van der Waals surface area (Å²) in [6.45, 7) is 3.36. The highest BCUT2D eigenvalue weighted by Crippen LogP contribution is 2.22. The van der Waals surface area contributed by atoms with Crippen LogP contribution in [-0.4, -0.2) is 42.4 Å². The highest BCUT2D eigenvalue weighted by molar-refractivity contribution is 6.30. The van der Waals surface area contributed by atoms with E-state index in [1.807, 2.05) is 21.0 Å². The zero-order valence-corrected chi connectivity index (χ0v) is 11.8. The lowest BCUT2D eigenvalue weighted by Crippen LogP contribution is -2.32. The molecule has 6 heteroatoms. The fourth-order valence-corrected chi connectivity index (χ4v) is 2.48. The van der Waals surface area contributed by atoms with Gasteiger partial charge in [0.05, 0.1) is 18.9 Å². The van der Waals surface area contributed by atoms with Gasteiger partial charge in [0.2, 0.25) is 0 Å². The van der Waals surface area contributed by atoms with Gasteiger partial charge in [-0.3, -0.25) is 4.68 Å². The van der Waals surface area contributed by atoms with Gasteiger partial charge in [-0.25, -0.2) is 0 Å². The van der Waals surface area contributed by atoms with Crippen LogP contribution in [0.25, 0.3) is 0 Å². The standard InChI is InChI=1S/C12H20ClN3O2/c1-8-10(12(13)16(3)15-8)6-9(14-2)7-11-17-4-5-18-11/h9,11,14H,4-7H2,1-3H3. The minimum absolute atomic E-state index is 0.0989. The molecular weight excluding hydrogens is 254 g/mol. The van der Waals surface area contributed by atoms with Crippen molar-refractivity contribution in [2.75, 3.05) is 20.3 Å². The fourth-order valence-electron chi connectivity index (χ4n) is 2.23. The molecule has 0 radical (unpaired) electrons. The van der Waals surface area contributed by atoms with Crippen molar-refractivity contribution in [3.63, 3.8) is 0 Å². The molecule has 0 aromatic carbocycles. The molecule has 1 aliphatic rings. The van der Waals surface area contributed by atoms with E-state index in [9.17, 15) is 0 Å². The van der Waals surface area contributed by atoms with E-state index >= 15 is 0 Å². The second kappa shape index (κ2) is 6.02.